The van der Waals surface area contributed by atoms with Crippen molar-refractivity contribution in [3.05, 3.63) is 53.8 Å². The fraction of sp³-hybridized carbons (Fsp3) is 0.294. The molecule has 0 saturated carbocycles. The van der Waals surface area contributed by atoms with Crippen LogP contribution in [0.25, 0.3) is 0 Å². The fourth-order valence-electron chi connectivity index (χ4n) is 2.33. The van der Waals surface area contributed by atoms with E-state index in [2.05, 4.69) is 12.2 Å². The van der Waals surface area contributed by atoms with Crippen LogP contribution in [0.1, 0.15) is 25.0 Å². The number of hydrogen-bond acceptors (Lipinski definition) is 3. The van der Waals surface area contributed by atoms with Crippen molar-refractivity contribution in [3.8, 4) is 11.5 Å². The van der Waals surface area contributed by atoms with Gasteiger partial charge in [-0.25, -0.2) is 4.39 Å². The first-order valence-electron chi connectivity index (χ1n) is 7.19. The lowest BCUT2D eigenvalue weighted by Gasteiger charge is -2.27. The van der Waals surface area contributed by atoms with Gasteiger partial charge in [0.05, 0.1) is 18.8 Å². The zero-order valence-electron chi connectivity index (χ0n) is 11.9. The summed E-state index contributed by atoms with van der Waals surface area (Å²) in [7, 11) is 0. The van der Waals surface area contributed by atoms with Gasteiger partial charge in [-0.2, -0.15) is 0 Å². The van der Waals surface area contributed by atoms with Crippen molar-refractivity contribution < 1.29 is 13.9 Å². The second-order valence-corrected chi connectivity index (χ2v) is 5.05. The van der Waals surface area contributed by atoms with Crippen LogP contribution in [-0.2, 0) is 0 Å². The molecule has 1 atom stereocenters. The molecule has 1 aliphatic rings. The van der Waals surface area contributed by atoms with Crippen LogP contribution < -0.4 is 14.8 Å². The van der Waals surface area contributed by atoms with Crippen molar-refractivity contribution >= 4 is 5.69 Å². The van der Waals surface area contributed by atoms with Gasteiger partial charge < -0.3 is 14.8 Å². The first kappa shape index (κ1) is 13.7. The Kier molecular flexibility index (Phi) is 3.95. The van der Waals surface area contributed by atoms with Crippen LogP contribution in [0.4, 0.5) is 10.1 Å². The van der Waals surface area contributed by atoms with Crippen LogP contribution in [0.2, 0.25) is 0 Å². The number of fused-ring (bicyclic) bond motifs is 1. The van der Waals surface area contributed by atoms with Crippen LogP contribution in [0.15, 0.2) is 42.5 Å². The molecule has 1 aliphatic heterocycles. The van der Waals surface area contributed by atoms with Crippen molar-refractivity contribution in [3.63, 3.8) is 0 Å². The molecule has 0 saturated heterocycles. The maximum Gasteiger partial charge on any atom is 0.143 e. The first-order chi connectivity index (χ1) is 10.3. The van der Waals surface area contributed by atoms with E-state index in [4.69, 9.17) is 9.47 Å². The third-order valence-electron chi connectivity index (χ3n) is 3.41. The monoisotopic (exact) mass is 287 g/mol. The van der Waals surface area contributed by atoms with Gasteiger partial charge in [0, 0.05) is 6.07 Å². The van der Waals surface area contributed by atoms with E-state index in [0.29, 0.717) is 18.0 Å². The SMILES string of the molecule is CCCOc1ccc(C2CNc3cc(F)ccc3O2)cc1. The molecule has 1 heterocycles. The van der Waals surface area contributed by atoms with E-state index in [0.717, 1.165) is 24.3 Å². The smallest absolute Gasteiger partial charge is 0.143 e. The molecule has 0 aliphatic carbocycles. The summed E-state index contributed by atoms with van der Waals surface area (Å²) < 4.78 is 24.6. The highest BCUT2D eigenvalue weighted by atomic mass is 19.1. The fourth-order valence-corrected chi connectivity index (χ4v) is 2.33. The standard InChI is InChI=1S/C17H18FNO2/c1-2-9-20-14-6-3-12(4-7-14)17-11-19-15-10-13(18)5-8-16(15)21-17/h3-8,10,17,19H,2,9,11H2,1H3. The molecule has 0 bridgehead atoms. The number of ether oxygens (including phenoxy) is 2. The highest BCUT2D eigenvalue weighted by Crippen LogP contribution is 2.34. The molecule has 2 aromatic rings. The van der Waals surface area contributed by atoms with Gasteiger partial charge in [0.25, 0.3) is 0 Å². The molecule has 1 N–H and O–H groups in total. The number of halogens is 1. The normalized spacial score (nSPS) is 16.6. The van der Waals surface area contributed by atoms with Crippen molar-refractivity contribution in [2.75, 3.05) is 18.5 Å². The van der Waals surface area contributed by atoms with Gasteiger partial charge in [0.15, 0.2) is 0 Å². The number of nitrogens with one attached hydrogen (secondary N) is 1. The van der Waals surface area contributed by atoms with E-state index in [-0.39, 0.29) is 11.9 Å². The highest BCUT2D eigenvalue weighted by Gasteiger charge is 2.21. The van der Waals surface area contributed by atoms with E-state index >= 15 is 0 Å². The minimum absolute atomic E-state index is 0.0804. The Morgan fingerprint density at radius 1 is 1.24 bits per heavy atom. The minimum atomic E-state index is -0.263. The van der Waals surface area contributed by atoms with Crippen LogP contribution in [0.3, 0.4) is 0 Å². The molecule has 0 aromatic heterocycles. The maximum absolute atomic E-state index is 13.2. The number of hydrogen-bond donors (Lipinski definition) is 1. The zero-order valence-corrected chi connectivity index (χ0v) is 11.9. The lowest BCUT2D eigenvalue weighted by Crippen LogP contribution is -2.23. The first-order valence-corrected chi connectivity index (χ1v) is 7.19. The van der Waals surface area contributed by atoms with E-state index in [1.807, 2.05) is 24.3 Å². The van der Waals surface area contributed by atoms with Gasteiger partial charge in [-0.3, -0.25) is 0 Å². The van der Waals surface area contributed by atoms with E-state index in [1.54, 1.807) is 6.07 Å². The Bertz CT molecular complexity index is 613. The molecule has 110 valence electrons. The molecule has 0 spiro atoms. The maximum atomic E-state index is 13.2. The topological polar surface area (TPSA) is 30.5 Å². The summed E-state index contributed by atoms with van der Waals surface area (Å²) in [4.78, 5) is 0. The number of rotatable bonds is 4. The van der Waals surface area contributed by atoms with Crippen LogP contribution in [-0.4, -0.2) is 13.2 Å². The van der Waals surface area contributed by atoms with Crippen molar-refractivity contribution in [2.45, 2.75) is 19.4 Å². The minimum Gasteiger partial charge on any atom is -0.494 e. The lowest BCUT2D eigenvalue weighted by molar-refractivity contribution is 0.210. The molecule has 0 amide bonds. The Labute approximate surface area is 123 Å². The molecular formula is C17H18FNO2. The Morgan fingerprint density at radius 2 is 2.05 bits per heavy atom. The summed E-state index contributed by atoms with van der Waals surface area (Å²) in [6.45, 7) is 3.42. The molecule has 21 heavy (non-hydrogen) atoms. The van der Waals surface area contributed by atoms with Crippen molar-refractivity contribution in [1.29, 1.82) is 0 Å². The van der Waals surface area contributed by atoms with Gasteiger partial charge in [-0.15, -0.1) is 0 Å². The van der Waals surface area contributed by atoms with E-state index in [1.165, 1.54) is 12.1 Å². The zero-order chi connectivity index (χ0) is 14.7. The van der Waals surface area contributed by atoms with Crippen LogP contribution >= 0.6 is 0 Å². The van der Waals surface area contributed by atoms with Gasteiger partial charge >= 0.3 is 0 Å². The van der Waals surface area contributed by atoms with Crippen LogP contribution in [0, 0.1) is 5.82 Å². The molecule has 2 aromatic carbocycles. The van der Waals surface area contributed by atoms with Crippen LogP contribution in [0.5, 0.6) is 11.5 Å². The summed E-state index contributed by atoms with van der Waals surface area (Å²) in [5.74, 6) is 1.28. The summed E-state index contributed by atoms with van der Waals surface area (Å²) in [6, 6.07) is 12.4. The second kappa shape index (κ2) is 6.04. The average Bonchev–Trinajstić information content (AvgIpc) is 2.53. The predicted molar refractivity (Wildman–Crippen MR) is 80.5 cm³/mol. The quantitative estimate of drug-likeness (QED) is 0.916. The lowest BCUT2D eigenvalue weighted by atomic mass is 10.1. The summed E-state index contributed by atoms with van der Waals surface area (Å²) >= 11 is 0. The molecular weight excluding hydrogens is 269 g/mol. The Hall–Kier alpha value is -2.23. The molecule has 0 fully saturated rings. The molecule has 3 rings (SSSR count). The highest BCUT2D eigenvalue weighted by molar-refractivity contribution is 5.58. The number of anilines is 1. The Morgan fingerprint density at radius 3 is 2.81 bits per heavy atom. The summed E-state index contributed by atoms with van der Waals surface area (Å²) in [5.41, 5.74) is 1.77. The van der Waals surface area contributed by atoms with E-state index < -0.39 is 0 Å². The van der Waals surface area contributed by atoms with Gasteiger partial charge in [0.1, 0.15) is 23.4 Å². The molecule has 3 nitrogen and oxygen atoms in total. The predicted octanol–water partition coefficient (Wildman–Crippen LogP) is 4.16. The summed E-state index contributed by atoms with van der Waals surface area (Å²) in [6.07, 6.45) is 0.910. The third-order valence-corrected chi connectivity index (χ3v) is 3.41. The van der Waals surface area contributed by atoms with Gasteiger partial charge in [-0.05, 0) is 36.2 Å². The Balaban J connectivity index is 1.72. The average molecular weight is 287 g/mol. The van der Waals surface area contributed by atoms with Crippen molar-refractivity contribution in [1.82, 2.24) is 0 Å². The van der Waals surface area contributed by atoms with Crippen molar-refractivity contribution in [2.24, 2.45) is 0 Å². The summed E-state index contributed by atoms with van der Waals surface area (Å²) in [5, 5.41) is 3.20. The van der Waals surface area contributed by atoms with Gasteiger partial charge in [0.2, 0.25) is 0 Å². The molecule has 4 heteroatoms. The van der Waals surface area contributed by atoms with Gasteiger partial charge in [-0.1, -0.05) is 19.1 Å². The largest absolute Gasteiger partial charge is 0.494 e. The molecule has 0 radical (unpaired) electrons. The molecule has 1 unspecified atom stereocenters. The number of benzene rings is 2. The van der Waals surface area contributed by atoms with E-state index in [9.17, 15) is 4.39 Å². The third kappa shape index (κ3) is 3.10. The second-order valence-electron chi connectivity index (χ2n) is 5.05.